The van der Waals surface area contributed by atoms with Crippen molar-refractivity contribution < 1.29 is 18.0 Å². The van der Waals surface area contributed by atoms with Gasteiger partial charge >= 0.3 is 6.18 Å². The number of carbonyl (C=O) groups is 1. The van der Waals surface area contributed by atoms with Gasteiger partial charge in [-0.05, 0) is 24.3 Å². The van der Waals surface area contributed by atoms with Crippen LogP contribution in [0.15, 0.2) is 69.4 Å². The molecule has 10 heteroatoms. The van der Waals surface area contributed by atoms with E-state index in [4.69, 9.17) is 0 Å². The van der Waals surface area contributed by atoms with Crippen LogP contribution >= 0.6 is 23.5 Å². The first-order valence-corrected chi connectivity index (χ1v) is 11.2. The van der Waals surface area contributed by atoms with Crippen LogP contribution in [0.3, 0.4) is 0 Å². The standard InChI is InChI=1S/C21H16F3N3O2S2/c22-21(23,24)14-8-4-5-9-15(14)25-17(28)12-31-20-26-16-10-11-30-18(16)19(29)27(20)13-6-2-1-3-7-13/h1-9H,10-12H2,(H,25,28). The van der Waals surface area contributed by atoms with Crippen molar-refractivity contribution in [3.8, 4) is 5.69 Å². The third-order valence-electron chi connectivity index (χ3n) is 4.52. The number of benzene rings is 2. The molecule has 0 saturated heterocycles. The maximum atomic E-state index is 13.2. The molecule has 1 aliphatic heterocycles. The van der Waals surface area contributed by atoms with Crippen molar-refractivity contribution in [3.05, 3.63) is 76.2 Å². The van der Waals surface area contributed by atoms with Gasteiger partial charge in [-0.25, -0.2) is 4.98 Å². The highest BCUT2D eigenvalue weighted by molar-refractivity contribution is 8.00. The van der Waals surface area contributed by atoms with E-state index in [0.717, 1.165) is 23.6 Å². The van der Waals surface area contributed by atoms with Crippen LogP contribution in [-0.4, -0.2) is 27.0 Å². The molecule has 5 nitrogen and oxygen atoms in total. The summed E-state index contributed by atoms with van der Waals surface area (Å²) in [7, 11) is 0. The van der Waals surface area contributed by atoms with Gasteiger partial charge in [0.25, 0.3) is 5.56 Å². The molecule has 0 atom stereocenters. The number of thioether (sulfide) groups is 2. The molecule has 0 saturated carbocycles. The van der Waals surface area contributed by atoms with Crippen LogP contribution in [0, 0.1) is 0 Å². The summed E-state index contributed by atoms with van der Waals surface area (Å²) in [5.41, 5.74) is -0.126. The lowest BCUT2D eigenvalue weighted by atomic mass is 10.1. The average Bonchev–Trinajstić information content (AvgIpc) is 3.21. The van der Waals surface area contributed by atoms with Crippen LogP contribution in [0.5, 0.6) is 0 Å². The Labute approximate surface area is 184 Å². The van der Waals surface area contributed by atoms with Crippen molar-refractivity contribution in [1.29, 1.82) is 0 Å². The molecule has 2 heterocycles. The molecular weight excluding hydrogens is 447 g/mol. The van der Waals surface area contributed by atoms with Crippen LogP contribution in [0.25, 0.3) is 5.69 Å². The zero-order valence-electron chi connectivity index (χ0n) is 16.0. The van der Waals surface area contributed by atoms with E-state index < -0.39 is 17.6 Å². The smallest absolute Gasteiger partial charge is 0.325 e. The molecule has 0 fully saturated rings. The summed E-state index contributed by atoms with van der Waals surface area (Å²) in [6, 6.07) is 13.7. The number of para-hydroxylation sites is 2. The van der Waals surface area contributed by atoms with Gasteiger partial charge in [0.2, 0.25) is 5.91 Å². The molecule has 0 aliphatic carbocycles. The van der Waals surface area contributed by atoms with Crippen molar-refractivity contribution >= 4 is 35.1 Å². The van der Waals surface area contributed by atoms with Crippen LogP contribution in [0.2, 0.25) is 0 Å². The van der Waals surface area contributed by atoms with Crippen LogP contribution in [-0.2, 0) is 17.4 Å². The third-order valence-corrected chi connectivity index (χ3v) is 6.57. The van der Waals surface area contributed by atoms with Crippen molar-refractivity contribution in [3.63, 3.8) is 0 Å². The van der Waals surface area contributed by atoms with Gasteiger partial charge in [-0.2, -0.15) is 13.2 Å². The third kappa shape index (κ3) is 4.64. The van der Waals surface area contributed by atoms with Gasteiger partial charge in [0, 0.05) is 12.2 Å². The van der Waals surface area contributed by atoms with Crippen molar-refractivity contribution in [1.82, 2.24) is 9.55 Å². The summed E-state index contributed by atoms with van der Waals surface area (Å²) in [6.45, 7) is 0. The summed E-state index contributed by atoms with van der Waals surface area (Å²) >= 11 is 2.46. The second-order valence-corrected chi connectivity index (χ2v) is 8.67. The molecule has 160 valence electrons. The molecule has 0 radical (unpaired) electrons. The fourth-order valence-electron chi connectivity index (χ4n) is 3.15. The van der Waals surface area contributed by atoms with E-state index in [9.17, 15) is 22.8 Å². The molecule has 1 amide bonds. The van der Waals surface area contributed by atoms with E-state index >= 15 is 0 Å². The lowest BCUT2D eigenvalue weighted by molar-refractivity contribution is -0.137. The van der Waals surface area contributed by atoms with Gasteiger partial charge in [-0.3, -0.25) is 14.2 Å². The van der Waals surface area contributed by atoms with Gasteiger partial charge in [-0.1, -0.05) is 42.1 Å². The molecular formula is C21H16F3N3O2S2. The number of aryl methyl sites for hydroxylation is 1. The first-order chi connectivity index (χ1) is 14.8. The molecule has 4 rings (SSSR count). The quantitative estimate of drug-likeness (QED) is 0.442. The number of hydrogen-bond acceptors (Lipinski definition) is 5. The summed E-state index contributed by atoms with van der Waals surface area (Å²) in [6.07, 6.45) is -3.92. The Bertz CT molecular complexity index is 1180. The number of aromatic nitrogens is 2. The zero-order valence-corrected chi connectivity index (χ0v) is 17.6. The van der Waals surface area contributed by atoms with E-state index in [1.165, 1.54) is 34.5 Å². The Morgan fingerprint density at radius 1 is 1.13 bits per heavy atom. The maximum absolute atomic E-state index is 13.2. The van der Waals surface area contributed by atoms with Crippen molar-refractivity contribution in [2.45, 2.75) is 22.6 Å². The normalized spacial score (nSPS) is 13.1. The lowest BCUT2D eigenvalue weighted by Gasteiger charge is -2.15. The second-order valence-electron chi connectivity index (χ2n) is 6.62. The SMILES string of the molecule is O=C(CSc1nc2c(c(=O)n1-c1ccccc1)SCC2)Nc1ccccc1C(F)(F)F. The Morgan fingerprint density at radius 3 is 2.58 bits per heavy atom. The molecule has 1 aliphatic rings. The second kappa shape index (κ2) is 8.80. The molecule has 31 heavy (non-hydrogen) atoms. The number of nitrogens with one attached hydrogen (secondary N) is 1. The summed E-state index contributed by atoms with van der Waals surface area (Å²) in [5.74, 6) is -0.0579. The highest BCUT2D eigenvalue weighted by Gasteiger charge is 2.33. The number of fused-ring (bicyclic) bond motifs is 1. The minimum absolute atomic E-state index is 0.197. The van der Waals surface area contributed by atoms with Crippen molar-refractivity contribution in [2.24, 2.45) is 0 Å². The predicted octanol–water partition coefficient (Wildman–Crippen LogP) is 4.63. The van der Waals surface area contributed by atoms with Crippen molar-refractivity contribution in [2.75, 3.05) is 16.8 Å². The fraction of sp³-hybridized carbons (Fsp3) is 0.190. The number of rotatable bonds is 5. The number of amides is 1. The van der Waals surface area contributed by atoms with E-state index in [1.54, 1.807) is 24.3 Å². The number of nitrogens with zero attached hydrogens (tertiary/aromatic N) is 2. The van der Waals surface area contributed by atoms with Gasteiger partial charge < -0.3 is 5.32 Å². The Kier molecular flexibility index (Phi) is 6.10. The van der Waals surface area contributed by atoms with Gasteiger partial charge in [0.1, 0.15) is 0 Å². The van der Waals surface area contributed by atoms with Gasteiger partial charge in [0.15, 0.2) is 5.16 Å². The molecule has 1 aromatic heterocycles. The number of halogens is 3. The van der Waals surface area contributed by atoms with Crippen LogP contribution in [0.1, 0.15) is 11.3 Å². The summed E-state index contributed by atoms with van der Waals surface area (Å²) in [4.78, 5) is 30.6. The Balaban J connectivity index is 1.59. The molecule has 0 unspecified atom stereocenters. The average molecular weight is 464 g/mol. The zero-order chi connectivity index (χ0) is 22.0. The van der Waals surface area contributed by atoms with E-state index in [0.29, 0.717) is 27.9 Å². The summed E-state index contributed by atoms with van der Waals surface area (Å²) in [5, 5.41) is 2.64. The Morgan fingerprint density at radius 2 is 1.84 bits per heavy atom. The van der Waals surface area contributed by atoms with E-state index in [-0.39, 0.29) is 17.0 Å². The molecule has 1 N–H and O–H groups in total. The Hall–Kier alpha value is -2.72. The number of carbonyl (C=O) groups excluding carboxylic acids is 1. The first-order valence-electron chi connectivity index (χ1n) is 9.27. The van der Waals surface area contributed by atoms with Crippen LogP contribution in [0.4, 0.5) is 18.9 Å². The van der Waals surface area contributed by atoms with Crippen LogP contribution < -0.4 is 10.9 Å². The lowest BCUT2D eigenvalue weighted by Crippen LogP contribution is -2.25. The predicted molar refractivity (Wildman–Crippen MR) is 115 cm³/mol. The molecule has 2 aromatic carbocycles. The molecule has 0 spiro atoms. The summed E-state index contributed by atoms with van der Waals surface area (Å²) < 4.78 is 40.9. The van der Waals surface area contributed by atoms with E-state index in [2.05, 4.69) is 10.3 Å². The van der Waals surface area contributed by atoms with E-state index in [1.807, 2.05) is 6.07 Å². The first kappa shape index (κ1) is 21.5. The topological polar surface area (TPSA) is 64.0 Å². The minimum atomic E-state index is -4.58. The largest absolute Gasteiger partial charge is 0.418 e. The molecule has 3 aromatic rings. The number of alkyl halides is 3. The highest BCUT2D eigenvalue weighted by Crippen LogP contribution is 2.35. The minimum Gasteiger partial charge on any atom is -0.325 e. The van der Waals surface area contributed by atoms with Gasteiger partial charge in [0.05, 0.1) is 33.3 Å². The molecule has 0 bridgehead atoms. The monoisotopic (exact) mass is 463 g/mol. The number of anilines is 1. The fourth-order valence-corrected chi connectivity index (χ4v) is 5.00. The highest BCUT2D eigenvalue weighted by atomic mass is 32.2. The number of hydrogen-bond donors (Lipinski definition) is 1. The van der Waals surface area contributed by atoms with Gasteiger partial charge in [-0.15, -0.1) is 11.8 Å². The maximum Gasteiger partial charge on any atom is 0.418 e.